The van der Waals surface area contributed by atoms with Crippen LogP contribution in [0.4, 0.5) is 11.4 Å². The summed E-state index contributed by atoms with van der Waals surface area (Å²) in [5, 5.41) is 13.5. The Morgan fingerprint density at radius 3 is 2.73 bits per heavy atom. The van der Waals surface area contributed by atoms with Gasteiger partial charge in [-0.2, -0.15) is 0 Å². The first kappa shape index (κ1) is 17.8. The molecule has 10 heteroatoms. The van der Waals surface area contributed by atoms with Crippen LogP contribution in [0.5, 0.6) is 5.75 Å². The van der Waals surface area contributed by atoms with Crippen LogP contribution in [0.25, 0.3) is 0 Å². The van der Waals surface area contributed by atoms with Crippen LogP contribution >= 0.6 is 0 Å². The lowest BCUT2D eigenvalue weighted by molar-refractivity contribution is -0.385. The van der Waals surface area contributed by atoms with E-state index >= 15 is 0 Å². The molecule has 136 valence electrons. The quantitative estimate of drug-likeness (QED) is 0.582. The minimum Gasteiger partial charge on any atom is -0.478 e. The van der Waals surface area contributed by atoms with Gasteiger partial charge in [-0.1, -0.05) is 18.2 Å². The number of sulfonamides is 1. The molecule has 0 fully saturated rings. The van der Waals surface area contributed by atoms with E-state index in [1.807, 2.05) is 0 Å². The van der Waals surface area contributed by atoms with Crippen molar-refractivity contribution in [3.8, 4) is 5.75 Å². The van der Waals surface area contributed by atoms with Crippen molar-refractivity contribution in [1.29, 1.82) is 0 Å². The molecule has 0 bridgehead atoms. The molecule has 1 unspecified atom stereocenters. The molecule has 0 aliphatic carbocycles. The van der Waals surface area contributed by atoms with Gasteiger partial charge in [0.1, 0.15) is 5.75 Å². The SMILES string of the molecule is O=C1Nc2ccccc2OC1CCNS(=O)(=O)c1cccc([N+](=O)[O-])c1. The topological polar surface area (TPSA) is 128 Å². The highest BCUT2D eigenvalue weighted by Crippen LogP contribution is 2.29. The molecule has 0 spiro atoms. The Hall–Kier alpha value is -2.98. The molecule has 26 heavy (non-hydrogen) atoms. The number of amides is 1. The average Bonchev–Trinajstić information content (AvgIpc) is 2.62. The van der Waals surface area contributed by atoms with Crippen molar-refractivity contribution in [3.05, 3.63) is 58.6 Å². The van der Waals surface area contributed by atoms with Gasteiger partial charge in [0.05, 0.1) is 15.5 Å². The van der Waals surface area contributed by atoms with Gasteiger partial charge in [0.15, 0.2) is 6.10 Å². The van der Waals surface area contributed by atoms with Crippen molar-refractivity contribution >= 4 is 27.3 Å². The highest BCUT2D eigenvalue weighted by molar-refractivity contribution is 7.89. The summed E-state index contributed by atoms with van der Waals surface area (Å²) in [6.07, 6.45) is -0.730. The summed E-state index contributed by atoms with van der Waals surface area (Å²) in [7, 11) is -3.94. The van der Waals surface area contributed by atoms with Gasteiger partial charge in [0.2, 0.25) is 10.0 Å². The molecule has 1 amide bonds. The zero-order valence-corrected chi connectivity index (χ0v) is 14.2. The number of hydrogen-bond donors (Lipinski definition) is 2. The molecule has 0 radical (unpaired) electrons. The zero-order chi connectivity index (χ0) is 18.7. The number of nitrogens with zero attached hydrogens (tertiary/aromatic N) is 1. The number of para-hydroxylation sites is 2. The maximum atomic E-state index is 12.3. The van der Waals surface area contributed by atoms with Crippen LogP contribution < -0.4 is 14.8 Å². The Labute approximate surface area is 149 Å². The molecule has 0 saturated carbocycles. The lowest BCUT2D eigenvalue weighted by atomic mass is 10.2. The van der Waals surface area contributed by atoms with Gasteiger partial charge in [-0.25, -0.2) is 13.1 Å². The van der Waals surface area contributed by atoms with Crippen molar-refractivity contribution in [2.45, 2.75) is 17.4 Å². The third kappa shape index (κ3) is 3.81. The Balaban J connectivity index is 1.63. The van der Waals surface area contributed by atoms with Crippen LogP contribution in [0.1, 0.15) is 6.42 Å². The number of rotatable bonds is 6. The van der Waals surface area contributed by atoms with Gasteiger partial charge in [-0.15, -0.1) is 0 Å². The van der Waals surface area contributed by atoms with E-state index in [1.54, 1.807) is 24.3 Å². The number of nitro groups is 1. The minimum absolute atomic E-state index is 0.0642. The van der Waals surface area contributed by atoms with Crippen LogP contribution in [-0.4, -0.2) is 31.9 Å². The predicted octanol–water partition coefficient (Wildman–Crippen LogP) is 1.66. The minimum atomic E-state index is -3.94. The Bertz CT molecular complexity index is 960. The van der Waals surface area contributed by atoms with Crippen molar-refractivity contribution in [1.82, 2.24) is 4.72 Å². The summed E-state index contributed by atoms with van der Waals surface area (Å²) in [5.74, 6) is 0.150. The van der Waals surface area contributed by atoms with E-state index < -0.39 is 21.1 Å². The molecule has 2 aromatic carbocycles. The first-order valence-electron chi connectivity index (χ1n) is 7.67. The molecule has 3 rings (SSSR count). The van der Waals surface area contributed by atoms with Gasteiger partial charge in [-0.05, 0) is 18.2 Å². The molecule has 0 aromatic heterocycles. The van der Waals surface area contributed by atoms with Gasteiger partial charge in [0, 0.05) is 25.1 Å². The van der Waals surface area contributed by atoms with E-state index in [9.17, 15) is 23.3 Å². The van der Waals surface area contributed by atoms with Gasteiger partial charge in [0.25, 0.3) is 11.6 Å². The summed E-state index contributed by atoms with van der Waals surface area (Å²) in [6, 6.07) is 11.7. The van der Waals surface area contributed by atoms with Crippen LogP contribution in [0.2, 0.25) is 0 Å². The number of nitro benzene ring substituents is 1. The molecule has 2 N–H and O–H groups in total. The monoisotopic (exact) mass is 377 g/mol. The molecular formula is C16H15N3O6S. The first-order chi connectivity index (χ1) is 12.4. The number of anilines is 1. The van der Waals surface area contributed by atoms with Crippen LogP contribution in [0.3, 0.4) is 0 Å². The molecule has 2 aromatic rings. The van der Waals surface area contributed by atoms with E-state index in [2.05, 4.69) is 10.0 Å². The summed E-state index contributed by atoms with van der Waals surface area (Å²) >= 11 is 0. The van der Waals surface area contributed by atoms with E-state index in [0.717, 1.165) is 6.07 Å². The van der Waals surface area contributed by atoms with Crippen LogP contribution in [-0.2, 0) is 14.8 Å². The van der Waals surface area contributed by atoms with Crippen molar-refractivity contribution < 1.29 is 22.9 Å². The fourth-order valence-electron chi connectivity index (χ4n) is 2.45. The second-order valence-corrected chi connectivity index (χ2v) is 7.30. The highest BCUT2D eigenvalue weighted by Gasteiger charge is 2.27. The van der Waals surface area contributed by atoms with Crippen molar-refractivity contribution in [2.24, 2.45) is 0 Å². The fourth-order valence-corrected chi connectivity index (χ4v) is 3.54. The molecule has 1 heterocycles. The molecule has 1 aliphatic rings. The number of benzene rings is 2. The number of non-ortho nitro benzene ring substituents is 1. The van der Waals surface area contributed by atoms with Gasteiger partial charge < -0.3 is 10.1 Å². The number of ether oxygens (including phenoxy) is 1. The van der Waals surface area contributed by atoms with Crippen LogP contribution in [0.15, 0.2) is 53.4 Å². The highest BCUT2D eigenvalue weighted by atomic mass is 32.2. The molecular weight excluding hydrogens is 362 g/mol. The summed E-state index contributed by atoms with van der Waals surface area (Å²) in [4.78, 5) is 21.9. The van der Waals surface area contributed by atoms with Crippen molar-refractivity contribution in [3.63, 3.8) is 0 Å². The van der Waals surface area contributed by atoms with Gasteiger partial charge in [-0.3, -0.25) is 14.9 Å². The summed E-state index contributed by atoms with van der Waals surface area (Å²) in [6.45, 7) is -0.0642. The second kappa shape index (κ2) is 7.10. The van der Waals surface area contributed by atoms with Gasteiger partial charge >= 0.3 is 0 Å². The Morgan fingerprint density at radius 1 is 1.19 bits per heavy atom. The average molecular weight is 377 g/mol. The van der Waals surface area contributed by atoms with Crippen molar-refractivity contribution in [2.75, 3.05) is 11.9 Å². The lowest BCUT2D eigenvalue weighted by Crippen LogP contribution is -2.39. The summed E-state index contributed by atoms with van der Waals surface area (Å²) in [5.41, 5.74) is 0.241. The normalized spacial score (nSPS) is 16.3. The second-order valence-electron chi connectivity index (χ2n) is 5.53. The largest absolute Gasteiger partial charge is 0.478 e. The van der Waals surface area contributed by atoms with E-state index in [4.69, 9.17) is 4.74 Å². The summed E-state index contributed by atoms with van der Waals surface area (Å²) < 4.78 is 32.4. The predicted molar refractivity (Wildman–Crippen MR) is 92.4 cm³/mol. The Kier molecular flexibility index (Phi) is 4.87. The third-order valence-corrected chi connectivity index (χ3v) is 5.20. The Morgan fingerprint density at radius 2 is 1.96 bits per heavy atom. The standard InChI is InChI=1S/C16H15N3O6S/c20-16-15(25-14-7-2-1-6-13(14)18-16)8-9-17-26(23,24)12-5-3-4-11(10-12)19(21)22/h1-7,10,15,17H,8-9H2,(H,18,20). The smallest absolute Gasteiger partial charge is 0.270 e. The molecule has 1 aliphatic heterocycles. The molecule has 1 atom stereocenters. The number of nitrogens with one attached hydrogen (secondary N) is 2. The third-order valence-electron chi connectivity index (χ3n) is 3.74. The maximum absolute atomic E-state index is 12.3. The van der Waals surface area contributed by atoms with Crippen LogP contribution in [0, 0.1) is 10.1 Å². The van der Waals surface area contributed by atoms with E-state index in [-0.39, 0.29) is 29.5 Å². The fraction of sp³-hybridized carbons (Fsp3) is 0.188. The number of carbonyl (C=O) groups is 1. The lowest BCUT2D eigenvalue weighted by Gasteiger charge is -2.25. The van der Waals surface area contributed by atoms with E-state index in [0.29, 0.717) is 11.4 Å². The number of fused-ring (bicyclic) bond motifs is 1. The maximum Gasteiger partial charge on any atom is 0.270 e. The van der Waals surface area contributed by atoms with E-state index in [1.165, 1.54) is 18.2 Å². The number of carbonyl (C=O) groups excluding carboxylic acids is 1. The molecule has 9 nitrogen and oxygen atoms in total. The first-order valence-corrected chi connectivity index (χ1v) is 9.16. The zero-order valence-electron chi connectivity index (χ0n) is 13.4. The number of hydrogen-bond acceptors (Lipinski definition) is 6. The molecule has 0 saturated heterocycles.